The molecule has 1 fully saturated rings. The van der Waals surface area contributed by atoms with Crippen molar-refractivity contribution in [2.24, 2.45) is 0 Å². The molecule has 1 aromatic carbocycles. The summed E-state index contributed by atoms with van der Waals surface area (Å²) in [6.07, 6.45) is 2.75. The van der Waals surface area contributed by atoms with Crippen LogP contribution >= 0.6 is 11.6 Å². The molecule has 4 rings (SSSR count). The van der Waals surface area contributed by atoms with Crippen molar-refractivity contribution in [3.63, 3.8) is 0 Å². The average molecular weight is 505 g/mol. The fraction of sp³-hybridized carbons (Fsp3) is 0.333. The molecule has 0 unspecified atom stereocenters. The van der Waals surface area contributed by atoms with Gasteiger partial charge in [-0.25, -0.2) is 14.3 Å². The van der Waals surface area contributed by atoms with E-state index in [0.29, 0.717) is 24.1 Å². The number of nitro benzene ring substituents is 1. The van der Waals surface area contributed by atoms with Crippen LogP contribution in [0.3, 0.4) is 0 Å². The lowest BCUT2D eigenvalue weighted by Crippen LogP contribution is -2.53. The molecule has 2 heterocycles. The van der Waals surface area contributed by atoms with Crippen LogP contribution in [0.15, 0.2) is 36.7 Å². The van der Waals surface area contributed by atoms with Crippen molar-refractivity contribution < 1.29 is 28.7 Å². The fourth-order valence-corrected chi connectivity index (χ4v) is 4.07. The minimum absolute atomic E-state index is 0.0577. The Labute approximate surface area is 203 Å². The number of anilines is 1. The lowest BCUT2D eigenvalue weighted by atomic mass is 9.88. The Hall–Kier alpha value is -3.97. The maximum atomic E-state index is 12.8. The third kappa shape index (κ3) is 5.10. The number of imidazole rings is 1. The monoisotopic (exact) mass is 504 g/mol. The van der Waals surface area contributed by atoms with Gasteiger partial charge in [0.1, 0.15) is 5.06 Å². The standard InChI is InChI=1S/C21H21ClN6O7/c1-33-17-4-3-12(7-15(17)28(31)32)11-35-21(22)8-13(9-21)25-19(29)16-10-23-18-14(26-20(30)34-2)5-6-24-27(16)18/h3-7,10,13H,8-9,11H2,1-2H3,(H,25,29)(H,26,30). The first-order valence-electron chi connectivity index (χ1n) is 10.4. The SMILES string of the molecule is COC(=O)Nc1ccnn2c(C(=O)NC3CC(Cl)(OCc4ccc(OC)c([N+](=O)[O-])c4)C3)cnc12. The molecule has 0 aliphatic heterocycles. The van der Waals surface area contributed by atoms with E-state index in [1.807, 2.05) is 0 Å². The van der Waals surface area contributed by atoms with Crippen LogP contribution in [-0.2, 0) is 16.1 Å². The lowest BCUT2D eigenvalue weighted by molar-refractivity contribution is -0.385. The molecule has 1 saturated carbocycles. The first kappa shape index (κ1) is 24.2. The summed E-state index contributed by atoms with van der Waals surface area (Å²) in [4.78, 5) is 39.1. The number of methoxy groups -OCH3 is 2. The van der Waals surface area contributed by atoms with Crippen molar-refractivity contribution in [1.29, 1.82) is 0 Å². The molecule has 0 spiro atoms. The van der Waals surface area contributed by atoms with E-state index in [2.05, 4.69) is 25.5 Å². The Morgan fingerprint density at radius 3 is 2.77 bits per heavy atom. The molecule has 0 atom stereocenters. The molecular formula is C21H21ClN6O7. The summed E-state index contributed by atoms with van der Waals surface area (Å²) in [7, 11) is 2.59. The maximum absolute atomic E-state index is 12.8. The Balaban J connectivity index is 1.35. The number of carbonyl (C=O) groups excluding carboxylic acids is 2. The van der Waals surface area contributed by atoms with Gasteiger partial charge in [0.2, 0.25) is 0 Å². The number of nitro groups is 1. The van der Waals surface area contributed by atoms with E-state index in [1.54, 1.807) is 6.07 Å². The van der Waals surface area contributed by atoms with Crippen molar-refractivity contribution in [3.05, 3.63) is 58.0 Å². The van der Waals surface area contributed by atoms with Gasteiger partial charge in [-0.3, -0.25) is 20.2 Å². The van der Waals surface area contributed by atoms with Crippen molar-refractivity contribution >= 4 is 40.6 Å². The van der Waals surface area contributed by atoms with Gasteiger partial charge in [-0.1, -0.05) is 17.7 Å². The van der Waals surface area contributed by atoms with Crippen molar-refractivity contribution in [1.82, 2.24) is 19.9 Å². The minimum atomic E-state index is -1.01. The molecule has 0 saturated heterocycles. The number of hydrogen-bond donors (Lipinski definition) is 2. The van der Waals surface area contributed by atoms with Crippen LogP contribution in [0.1, 0.15) is 28.9 Å². The summed E-state index contributed by atoms with van der Waals surface area (Å²) < 4.78 is 16.6. The summed E-state index contributed by atoms with van der Waals surface area (Å²) in [5.41, 5.74) is 1.19. The number of rotatable bonds is 8. The zero-order valence-electron chi connectivity index (χ0n) is 18.7. The number of ether oxygens (including phenoxy) is 3. The van der Waals surface area contributed by atoms with Crippen molar-refractivity contribution in [3.8, 4) is 5.75 Å². The number of nitrogens with zero attached hydrogens (tertiary/aromatic N) is 4. The molecule has 184 valence electrons. The van der Waals surface area contributed by atoms with Gasteiger partial charge in [-0.2, -0.15) is 5.10 Å². The highest BCUT2D eigenvalue weighted by molar-refractivity contribution is 6.23. The number of amides is 2. The summed E-state index contributed by atoms with van der Waals surface area (Å²) in [6, 6.07) is 5.80. The van der Waals surface area contributed by atoms with Crippen LogP contribution < -0.4 is 15.4 Å². The van der Waals surface area contributed by atoms with E-state index in [4.69, 9.17) is 21.1 Å². The molecule has 2 amide bonds. The summed E-state index contributed by atoms with van der Waals surface area (Å²) in [6.45, 7) is 0.0577. The molecule has 13 nitrogen and oxygen atoms in total. The second kappa shape index (κ2) is 9.72. The molecule has 14 heteroatoms. The molecule has 0 bridgehead atoms. The van der Waals surface area contributed by atoms with E-state index < -0.39 is 22.0 Å². The molecule has 2 aromatic heterocycles. The highest BCUT2D eigenvalue weighted by Gasteiger charge is 2.45. The Kier molecular flexibility index (Phi) is 6.71. The Morgan fingerprint density at radius 1 is 1.31 bits per heavy atom. The fourth-order valence-electron chi connectivity index (χ4n) is 3.64. The quantitative estimate of drug-likeness (QED) is 0.267. The van der Waals surface area contributed by atoms with E-state index in [9.17, 15) is 19.7 Å². The molecule has 3 aromatic rings. The number of hydrogen-bond acceptors (Lipinski definition) is 9. The third-order valence-electron chi connectivity index (χ3n) is 5.43. The predicted molar refractivity (Wildman–Crippen MR) is 123 cm³/mol. The summed E-state index contributed by atoms with van der Waals surface area (Å²) in [5, 5.41) is 19.7. The zero-order valence-corrected chi connectivity index (χ0v) is 19.4. The number of aromatic nitrogens is 3. The van der Waals surface area contributed by atoms with Gasteiger partial charge in [-0.05, 0) is 17.7 Å². The topological polar surface area (TPSA) is 159 Å². The largest absolute Gasteiger partial charge is 0.490 e. The van der Waals surface area contributed by atoms with Gasteiger partial charge < -0.3 is 19.5 Å². The number of nitrogens with one attached hydrogen (secondary N) is 2. The van der Waals surface area contributed by atoms with E-state index in [1.165, 1.54) is 49.3 Å². The smallest absolute Gasteiger partial charge is 0.411 e. The third-order valence-corrected chi connectivity index (χ3v) is 5.85. The van der Waals surface area contributed by atoms with Crippen molar-refractivity contribution in [2.75, 3.05) is 19.5 Å². The van der Waals surface area contributed by atoms with Gasteiger partial charge in [0, 0.05) is 24.9 Å². The first-order valence-corrected chi connectivity index (χ1v) is 10.7. The van der Waals surface area contributed by atoms with Crippen molar-refractivity contribution in [2.45, 2.75) is 30.6 Å². The molecule has 35 heavy (non-hydrogen) atoms. The van der Waals surface area contributed by atoms with E-state index in [-0.39, 0.29) is 35.4 Å². The number of fused-ring (bicyclic) bond motifs is 1. The van der Waals surface area contributed by atoms with Gasteiger partial charge in [0.25, 0.3) is 5.91 Å². The highest BCUT2D eigenvalue weighted by Crippen LogP contribution is 2.41. The zero-order chi connectivity index (χ0) is 25.2. The molecule has 2 N–H and O–H groups in total. The maximum Gasteiger partial charge on any atom is 0.411 e. The summed E-state index contributed by atoms with van der Waals surface area (Å²) in [5.74, 6) is -0.268. The molecule has 1 aliphatic carbocycles. The number of benzene rings is 1. The lowest BCUT2D eigenvalue weighted by Gasteiger charge is -2.42. The van der Waals surface area contributed by atoms with Gasteiger partial charge in [0.05, 0.1) is 43.8 Å². The predicted octanol–water partition coefficient (Wildman–Crippen LogP) is 2.87. The van der Waals surface area contributed by atoms with Crippen LogP contribution in [0.5, 0.6) is 5.75 Å². The molecular weight excluding hydrogens is 484 g/mol. The van der Waals surface area contributed by atoms with Crippen LogP contribution in [0.25, 0.3) is 5.65 Å². The van der Waals surface area contributed by atoms with Gasteiger partial charge >= 0.3 is 11.8 Å². The minimum Gasteiger partial charge on any atom is -0.490 e. The number of alkyl halides is 1. The normalized spacial score (nSPS) is 19.0. The van der Waals surface area contributed by atoms with E-state index in [0.717, 1.165) is 0 Å². The van der Waals surface area contributed by atoms with Gasteiger partial charge in [0.15, 0.2) is 17.1 Å². The summed E-state index contributed by atoms with van der Waals surface area (Å²) >= 11 is 6.49. The van der Waals surface area contributed by atoms with E-state index >= 15 is 0 Å². The Morgan fingerprint density at radius 2 is 2.09 bits per heavy atom. The van der Waals surface area contributed by atoms with Crippen LogP contribution in [0, 0.1) is 10.1 Å². The van der Waals surface area contributed by atoms with Crippen LogP contribution in [0.4, 0.5) is 16.2 Å². The number of carbonyl (C=O) groups is 2. The van der Waals surface area contributed by atoms with Crippen LogP contribution in [-0.4, -0.2) is 56.8 Å². The number of halogens is 1. The highest BCUT2D eigenvalue weighted by atomic mass is 35.5. The molecule has 0 radical (unpaired) electrons. The van der Waals surface area contributed by atoms with Crippen LogP contribution in [0.2, 0.25) is 0 Å². The second-order valence-corrected chi connectivity index (χ2v) is 8.44. The Bertz CT molecular complexity index is 1290. The molecule has 1 aliphatic rings. The average Bonchev–Trinajstić information content (AvgIpc) is 3.26. The first-order chi connectivity index (χ1) is 16.7. The second-order valence-electron chi connectivity index (χ2n) is 7.75. The van der Waals surface area contributed by atoms with Gasteiger partial charge in [-0.15, -0.1) is 0 Å².